The summed E-state index contributed by atoms with van der Waals surface area (Å²) >= 11 is 1.78. The number of unbranched alkanes of at least 4 members (excludes halogenated alkanes) is 3. The largest absolute Gasteiger partial charge is 0.511 e. The average Bonchev–Trinajstić information content (AvgIpc) is 3.41. The summed E-state index contributed by atoms with van der Waals surface area (Å²) in [6, 6.07) is 8.45. The maximum Gasteiger partial charge on any atom is 0.511 e. The second-order valence-corrected chi connectivity index (χ2v) is 15.5. The maximum atomic E-state index is 7.05. The molecule has 0 bridgehead atoms. The molecular formula is C33H59NO3SSi. The molecule has 0 spiro atoms. The Labute approximate surface area is 246 Å². The van der Waals surface area contributed by atoms with Crippen molar-refractivity contribution in [2.75, 3.05) is 19.8 Å². The number of para-hydroxylation sites is 1. The van der Waals surface area contributed by atoms with Crippen molar-refractivity contribution >= 4 is 30.4 Å². The van der Waals surface area contributed by atoms with Crippen LogP contribution in [0.25, 0.3) is 10.2 Å². The molecule has 1 aromatic heterocycles. The number of nitrogens with zero attached hydrogens (tertiary/aromatic N) is 1. The van der Waals surface area contributed by atoms with E-state index in [0.29, 0.717) is 17.8 Å². The van der Waals surface area contributed by atoms with Crippen molar-refractivity contribution in [3.05, 3.63) is 29.3 Å². The highest BCUT2D eigenvalue weighted by molar-refractivity contribution is 7.19. The van der Waals surface area contributed by atoms with E-state index in [1.54, 1.807) is 11.3 Å². The van der Waals surface area contributed by atoms with Crippen LogP contribution in [0.5, 0.6) is 0 Å². The molecule has 0 radical (unpaired) electrons. The number of aromatic nitrogens is 1. The fourth-order valence-electron chi connectivity index (χ4n) is 5.12. The molecule has 2 rings (SSSR count). The number of hydrogen-bond acceptors (Lipinski definition) is 5. The van der Waals surface area contributed by atoms with E-state index in [1.807, 2.05) is 0 Å². The summed E-state index contributed by atoms with van der Waals surface area (Å²) in [6.07, 6.45) is 14.4. The summed E-state index contributed by atoms with van der Waals surface area (Å²) in [6.45, 7) is 18.1. The van der Waals surface area contributed by atoms with E-state index < -0.39 is 8.80 Å². The molecule has 0 N–H and O–H groups in total. The van der Waals surface area contributed by atoms with Crippen molar-refractivity contribution in [2.24, 2.45) is 17.8 Å². The van der Waals surface area contributed by atoms with E-state index in [9.17, 15) is 0 Å². The molecule has 1 heterocycles. The Morgan fingerprint density at radius 1 is 0.692 bits per heavy atom. The zero-order chi connectivity index (χ0) is 28.5. The molecule has 0 saturated heterocycles. The molecule has 6 heteroatoms. The molecule has 1 aromatic carbocycles. The van der Waals surface area contributed by atoms with Gasteiger partial charge in [0.2, 0.25) is 0 Å². The summed E-state index contributed by atoms with van der Waals surface area (Å²) in [5.41, 5.74) is 1.07. The lowest BCUT2D eigenvalue weighted by molar-refractivity contribution is 0.0181. The summed E-state index contributed by atoms with van der Waals surface area (Å²) in [5, 5.41) is 1.09. The number of hydrogen-bond donors (Lipinski definition) is 0. The third kappa shape index (κ3) is 11.2. The van der Waals surface area contributed by atoms with Gasteiger partial charge in [-0.1, -0.05) is 118 Å². The van der Waals surface area contributed by atoms with Gasteiger partial charge < -0.3 is 13.3 Å². The Balaban J connectivity index is 2.42. The quantitative estimate of drug-likeness (QED) is 0.123. The van der Waals surface area contributed by atoms with Crippen molar-refractivity contribution < 1.29 is 13.3 Å². The molecule has 2 aromatic rings. The van der Waals surface area contributed by atoms with Crippen LogP contribution in [0.1, 0.15) is 136 Å². The lowest BCUT2D eigenvalue weighted by atomic mass is 10.0. The van der Waals surface area contributed by atoms with Crippen molar-refractivity contribution in [3.8, 4) is 0 Å². The van der Waals surface area contributed by atoms with E-state index in [0.717, 1.165) is 49.6 Å². The second-order valence-electron chi connectivity index (χ2n) is 11.5. The molecule has 0 fully saturated rings. The molecule has 39 heavy (non-hydrogen) atoms. The van der Waals surface area contributed by atoms with Gasteiger partial charge in [0.15, 0.2) is 0 Å². The first-order valence-electron chi connectivity index (χ1n) is 16.2. The van der Waals surface area contributed by atoms with Gasteiger partial charge in [-0.15, -0.1) is 11.3 Å². The van der Waals surface area contributed by atoms with E-state index >= 15 is 0 Å². The molecule has 4 unspecified atom stereocenters. The van der Waals surface area contributed by atoms with Crippen LogP contribution in [0.4, 0.5) is 0 Å². The van der Waals surface area contributed by atoms with Gasteiger partial charge >= 0.3 is 8.80 Å². The summed E-state index contributed by atoms with van der Waals surface area (Å²) in [7, 11) is -3.11. The van der Waals surface area contributed by atoms with Crippen LogP contribution >= 0.6 is 11.3 Å². The van der Waals surface area contributed by atoms with Crippen molar-refractivity contribution in [1.29, 1.82) is 0 Å². The molecule has 0 amide bonds. The normalized spacial score (nSPS) is 16.7. The first-order valence-corrected chi connectivity index (χ1v) is 18.9. The Kier molecular flexibility index (Phi) is 17.1. The molecule has 224 valence electrons. The minimum Gasteiger partial charge on any atom is -0.373 e. The van der Waals surface area contributed by atoms with Crippen LogP contribution < -0.4 is 0 Å². The minimum atomic E-state index is -3.11. The third-order valence-electron chi connectivity index (χ3n) is 8.40. The predicted molar refractivity (Wildman–Crippen MR) is 172 cm³/mol. The van der Waals surface area contributed by atoms with Gasteiger partial charge in [0.25, 0.3) is 0 Å². The first-order chi connectivity index (χ1) is 19.0. The zero-order valence-electron chi connectivity index (χ0n) is 26.3. The molecule has 0 aliphatic heterocycles. The minimum absolute atomic E-state index is 0.00550. The number of benzene rings is 1. The number of rotatable bonds is 23. The third-order valence-corrected chi connectivity index (χ3v) is 12.9. The standard InChI is InChI=1S/C33H59NO3SSi/c1-8-14-19-28(11-4)24-35-39(36-25-29(12-5)20-15-9-2,37-26-30(13-6)21-16-10-3)27(7)33-34-31-22-17-18-23-32(31)38-33/h17-18,22-23,27-30H,8-16,19-21,24-26H2,1-7H3. The fourth-order valence-corrected chi connectivity index (χ4v) is 9.41. The van der Waals surface area contributed by atoms with Crippen LogP contribution in [-0.2, 0) is 13.3 Å². The Morgan fingerprint density at radius 3 is 1.51 bits per heavy atom. The number of fused-ring (bicyclic) bond motifs is 1. The van der Waals surface area contributed by atoms with Gasteiger partial charge in [0.1, 0.15) is 5.01 Å². The summed E-state index contributed by atoms with van der Waals surface area (Å²) < 4.78 is 22.4. The van der Waals surface area contributed by atoms with Gasteiger partial charge in [0, 0.05) is 19.8 Å². The Hall–Kier alpha value is -0.793. The van der Waals surface area contributed by atoms with Crippen LogP contribution in [0.2, 0.25) is 0 Å². The summed E-state index contributed by atoms with van der Waals surface area (Å²) in [5.74, 6) is 1.61. The molecule has 0 aliphatic rings. The van der Waals surface area contributed by atoms with E-state index in [4.69, 9.17) is 18.3 Å². The Morgan fingerprint density at radius 2 is 1.13 bits per heavy atom. The zero-order valence-corrected chi connectivity index (χ0v) is 28.1. The topological polar surface area (TPSA) is 40.6 Å². The summed E-state index contributed by atoms with van der Waals surface area (Å²) in [4.78, 5) is 5.08. The van der Waals surface area contributed by atoms with Crippen LogP contribution in [-0.4, -0.2) is 33.6 Å². The molecule has 0 saturated carbocycles. The first kappa shape index (κ1) is 34.4. The van der Waals surface area contributed by atoms with Gasteiger partial charge in [-0.05, 0) is 49.1 Å². The highest BCUT2D eigenvalue weighted by atomic mass is 32.1. The predicted octanol–water partition coefficient (Wildman–Crippen LogP) is 10.6. The maximum absolute atomic E-state index is 7.05. The molecular weight excluding hydrogens is 519 g/mol. The SMILES string of the molecule is CCCCC(CC)CO[Si](OCC(CC)CCCC)(OCC(CC)CCCC)C(C)c1nc2ccccc2s1. The molecule has 4 atom stereocenters. The van der Waals surface area contributed by atoms with Crippen molar-refractivity contribution in [2.45, 2.75) is 131 Å². The van der Waals surface area contributed by atoms with Crippen LogP contribution in [0.3, 0.4) is 0 Å². The van der Waals surface area contributed by atoms with Crippen molar-refractivity contribution in [3.63, 3.8) is 0 Å². The smallest absolute Gasteiger partial charge is 0.373 e. The van der Waals surface area contributed by atoms with E-state index in [1.165, 1.54) is 62.5 Å². The second kappa shape index (κ2) is 19.3. The van der Waals surface area contributed by atoms with E-state index in [-0.39, 0.29) is 5.54 Å². The van der Waals surface area contributed by atoms with Gasteiger partial charge in [0.05, 0.1) is 15.8 Å². The van der Waals surface area contributed by atoms with E-state index in [2.05, 4.69) is 72.7 Å². The lowest BCUT2D eigenvalue weighted by Gasteiger charge is -2.37. The fraction of sp³-hybridized carbons (Fsp3) is 0.788. The number of thiazole rings is 1. The highest BCUT2D eigenvalue weighted by Crippen LogP contribution is 2.37. The van der Waals surface area contributed by atoms with Crippen molar-refractivity contribution in [1.82, 2.24) is 4.98 Å². The van der Waals surface area contributed by atoms with Gasteiger partial charge in [-0.3, -0.25) is 0 Å². The van der Waals surface area contributed by atoms with Crippen LogP contribution in [0, 0.1) is 17.8 Å². The lowest BCUT2D eigenvalue weighted by Crippen LogP contribution is -2.53. The van der Waals surface area contributed by atoms with Gasteiger partial charge in [-0.2, -0.15) is 0 Å². The molecule has 0 aliphatic carbocycles. The monoisotopic (exact) mass is 577 g/mol. The highest BCUT2D eigenvalue weighted by Gasteiger charge is 2.50. The molecule has 4 nitrogen and oxygen atoms in total. The van der Waals surface area contributed by atoms with Crippen LogP contribution in [0.15, 0.2) is 24.3 Å². The average molecular weight is 578 g/mol. The Bertz CT molecular complexity index is 807. The van der Waals surface area contributed by atoms with Gasteiger partial charge in [-0.25, -0.2) is 4.98 Å².